The van der Waals surface area contributed by atoms with Gasteiger partial charge in [0, 0.05) is 24.3 Å². The number of quaternary nitrogens is 1. The SMILES string of the molecule is O=C(O)[N+]1(Cc2ccn(Cc3cccc(Cl)c3)c(=O)c2O)CCNCC1. The first kappa shape index (κ1) is 18.4. The summed E-state index contributed by atoms with van der Waals surface area (Å²) in [5.74, 6) is -0.396. The molecule has 7 nitrogen and oxygen atoms in total. The van der Waals surface area contributed by atoms with Crippen LogP contribution in [0.25, 0.3) is 0 Å². The Morgan fingerprint density at radius 1 is 1.27 bits per heavy atom. The summed E-state index contributed by atoms with van der Waals surface area (Å²) in [6, 6.07) is 8.75. The lowest BCUT2D eigenvalue weighted by molar-refractivity contribution is -0.872. The number of nitrogens with one attached hydrogen (secondary N) is 1. The van der Waals surface area contributed by atoms with Crippen molar-refractivity contribution in [2.75, 3.05) is 26.2 Å². The van der Waals surface area contributed by atoms with Crippen molar-refractivity contribution in [3.63, 3.8) is 0 Å². The summed E-state index contributed by atoms with van der Waals surface area (Å²) in [6.07, 6.45) is 0.632. The molecular formula is C18H21ClN3O4+. The first-order valence-electron chi connectivity index (χ1n) is 8.37. The molecule has 26 heavy (non-hydrogen) atoms. The van der Waals surface area contributed by atoms with Crippen molar-refractivity contribution in [3.8, 4) is 5.75 Å². The number of piperazine rings is 1. The zero-order valence-electron chi connectivity index (χ0n) is 14.2. The minimum absolute atomic E-state index is 0.0795. The summed E-state index contributed by atoms with van der Waals surface area (Å²) >= 11 is 5.96. The van der Waals surface area contributed by atoms with Gasteiger partial charge in [-0.25, -0.2) is 4.48 Å². The zero-order valence-corrected chi connectivity index (χ0v) is 14.9. The molecule has 1 amide bonds. The highest BCUT2D eigenvalue weighted by Gasteiger charge is 2.39. The second-order valence-electron chi connectivity index (χ2n) is 6.54. The van der Waals surface area contributed by atoms with Gasteiger partial charge in [-0.15, -0.1) is 0 Å². The highest BCUT2D eigenvalue weighted by molar-refractivity contribution is 6.30. The second-order valence-corrected chi connectivity index (χ2v) is 6.97. The predicted octanol–water partition coefficient (Wildman–Crippen LogP) is 1.85. The summed E-state index contributed by atoms with van der Waals surface area (Å²) in [5, 5.41) is 23.7. The number of benzene rings is 1. The van der Waals surface area contributed by atoms with Crippen LogP contribution in [0.1, 0.15) is 11.1 Å². The van der Waals surface area contributed by atoms with Crippen molar-refractivity contribution in [3.05, 3.63) is 63.0 Å². The van der Waals surface area contributed by atoms with Crippen LogP contribution in [0, 0.1) is 0 Å². The van der Waals surface area contributed by atoms with Crippen molar-refractivity contribution in [1.82, 2.24) is 9.88 Å². The van der Waals surface area contributed by atoms with Gasteiger partial charge in [0.2, 0.25) is 0 Å². The lowest BCUT2D eigenvalue weighted by atomic mass is 10.1. The molecule has 0 aliphatic carbocycles. The maximum absolute atomic E-state index is 12.5. The number of pyridine rings is 1. The Kier molecular flexibility index (Phi) is 5.31. The van der Waals surface area contributed by atoms with Crippen LogP contribution >= 0.6 is 11.6 Å². The minimum Gasteiger partial charge on any atom is -0.503 e. The van der Waals surface area contributed by atoms with Gasteiger partial charge in [0.15, 0.2) is 5.75 Å². The first-order valence-corrected chi connectivity index (χ1v) is 8.75. The quantitative estimate of drug-likeness (QED) is 0.706. The van der Waals surface area contributed by atoms with Gasteiger partial charge >= 0.3 is 6.09 Å². The normalized spacial score (nSPS) is 16.3. The van der Waals surface area contributed by atoms with Gasteiger partial charge in [-0.1, -0.05) is 23.7 Å². The number of halogens is 1. The van der Waals surface area contributed by atoms with Gasteiger partial charge in [0.1, 0.15) is 19.6 Å². The fourth-order valence-corrected chi connectivity index (χ4v) is 3.46. The van der Waals surface area contributed by atoms with Gasteiger partial charge in [-0.3, -0.25) is 4.79 Å². The summed E-state index contributed by atoms with van der Waals surface area (Å²) in [4.78, 5) is 24.3. The molecule has 0 saturated carbocycles. The molecule has 0 radical (unpaired) electrons. The van der Waals surface area contributed by atoms with Crippen molar-refractivity contribution in [2.45, 2.75) is 13.1 Å². The molecule has 3 N–H and O–H groups in total. The molecule has 1 aromatic carbocycles. The third kappa shape index (κ3) is 3.75. The summed E-state index contributed by atoms with van der Waals surface area (Å²) in [5.41, 5.74) is 0.644. The van der Waals surface area contributed by atoms with E-state index in [4.69, 9.17) is 11.6 Å². The molecule has 0 bridgehead atoms. The number of rotatable bonds is 4. The van der Waals surface area contributed by atoms with Crippen LogP contribution in [0.4, 0.5) is 4.79 Å². The van der Waals surface area contributed by atoms with E-state index in [9.17, 15) is 19.8 Å². The number of aromatic nitrogens is 1. The fraction of sp³-hybridized carbons (Fsp3) is 0.333. The van der Waals surface area contributed by atoms with E-state index in [-0.39, 0.29) is 17.6 Å². The van der Waals surface area contributed by atoms with Crippen LogP contribution in [0.5, 0.6) is 5.75 Å². The highest BCUT2D eigenvalue weighted by atomic mass is 35.5. The second kappa shape index (κ2) is 7.49. The summed E-state index contributed by atoms with van der Waals surface area (Å²) in [7, 11) is 0. The van der Waals surface area contributed by atoms with Gasteiger partial charge < -0.3 is 20.1 Å². The van der Waals surface area contributed by atoms with Crippen molar-refractivity contribution < 1.29 is 19.5 Å². The standard InChI is InChI=1S/C18H20ClN3O4/c19-15-3-1-2-13(10-15)11-21-7-4-14(16(23)17(21)24)12-22(18(25)26)8-5-20-6-9-22/h1-4,7,10,20H,5-6,8-9,11-12H2,(H-,23,25,26)/p+1. The highest BCUT2D eigenvalue weighted by Crippen LogP contribution is 2.21. The van der Waals surface area contributed by atoms with Crippen LogP contribution in [-0.4, -0.2) is 51.5 Å². The molecule has 1 aliphatic heterocycles. The van der Waals surface area contributed by atoms with E-state index in [0.29, 0.717) is 36.8 Å². The topological polar surface area (TPSA) is 91.6 Å². The van der Waals surface area contributed by atoms with Gasteiger partial charge in [0.25, 0.3) is 5.56 Å². The van der Waals surface area contributed by atoms with Gasteiger partial charge in [0.05, 0.1) is 12.1 Å². The van der Waals surface area contributed by atoms with Crippen molar-refractivity contribution in [1.29, 1.82) is 0 Å². The number of carboxylic acid groups (broad SMARTS) is 1. The minimum atomic E-state index is -0.950. The molecule has 1 aromatic heterocycles. The predicted molar refractivity (Wildman–Crippen MR) is 97.5 cm³/mol. The fourth-order valence-electron chi connectivity index (χ4n) is 3.25. The van der Waals surface area contributed by atoms with E-state index in [1.54, 1.807) is 30.5 Å². The number of nitrogens with zero attached hydrogens (tertiary/aromatic N) is 2. The largest absolute Gasteiger partial charge is 0.513 e. The average Bonchev–Trinajstić information content (AvgIpc) is 2.62. The Hall–Kier alpha value is -2.35. The van der Waals surface area contributed by atoms with Crippen LogP contribution in [0.2, 0.25) is 5.02 Å². The zero-order chi connectivity index (χ0) is 18.7. The van der Waals surface area contributed by atoms with Crippen LogP contribution in [0.3, 0.4) is 0 Å². The molecule has 138 valence electrons. The molecule has 2 heterocycles. The third-order valence-electron chi connectivity index (χ3n) is 4.78. The van der Waals surface area contributed by atoms with Crippen molar-refractivity contribution >= 4 is 17.7 Å². The molecular weight excluding hydrogens is 358 g/mol. The molecule has 1 saturated heterocycles. The van der Waals surface area contributed by atoms with Gasteiger partial charge in [-0.05, 0) is 23.8 Å². The summed E-state index contributed by atoms with van der Waals surface area (Å²) < 4.78 is 1.19. The number of aromatic hydroxyl groups is 1. The lowest BCUT2D eigenvalue weighted by Gasteiger charge is -2.36. The monoisotopic (exact) mass is 378 g/mol. The Morgan fingerprint density at radius 3 is 2.65 bits per heavy atom. The molecule has 2 aromatic rings. The number of hydrogen-bond donors (Lipinski definition) is 3. The Balaban J connectivity index is 1.87. The van der Waals surface area contributed by atoms with E-state index in [1.165, 1.54) is 4.57 Å². The van der Waals surface area contributed by atoms with E-state index in [2.05, 4.69) is 5.32 Å². The third-order valence-corrected chi connectivity index (χ3v) is 5.01. The molecule has 8 heteroatoms. The van der Waals surface area contributed by atoms with Crippen LogP contribution in [0.15, 0.2) is 41.3 Å². The Morgan fingerprint density at radius 2 is 2.00 bits per heavy atom. The van der Waals surface area contributed by atoms with E-state index < -0.39 is 17.4 Å². The molecule has 0 spiro atoms. The molecule has 1 fully saturated rings. The average molecular weight is 379 g/mol. The van der Waals surface area contributed by atoms with Crippen LogP contribution in [-0.2, 0) is 13.1 Å². The maximum Gasteiger partial charge on any atom is 0.513 e. The van der Waals surface area contributed by atoms with E-state index >= 15 is 0 Å². The van der Waals surface area contributed by atoms with Crippen LogP contribution < -0.4 is 10.9 Å². The van der Waals surface area contributed by atoms with Gasteiger partial charge in [-0.2, -0.15) is 4.79 Å². The Labute approximate surface area is 155 Å². The smallest absolute Gasteiger partial charge is 0.503 e. The molecule has 0 unspecified atom stereocenters. The van der Waals surface area contributed by atoms with E-state index in [1.807, 2.05) is 6.07 Å². The number of carbonyl (C=O) groups is 1. The summed E-state index contributed by atoms with van der Waals surface area (Å²) in [6.45, 7) is 2.32. The maximum atomic E-state index is 12.5. The molecule has 0 atom stereocenters. The first-order chi connectivity index (χ1) is 12.4. The Bertz CT molecular complexity index is 875. The molecule has 1 aliphatic rings. The van der Waals surface area contributed by atoms with Crippen molar-refractivity contribution in [2.24, 2.45) is 0 Å². The van der Waals surface area contributed by atoms with E-state index in [0.717, 1.165) is 5.56 Å². The number of hydrogen-bond acceptors (Lipinski definition) is 4. The number of amides is 1. The lowest BCUT2D eigenvalue weighted by Crippen LogP contribution is -2.60. The molecule has 3 rings (SSSR count).